The highest BCUT2D eigenvalue weighted by Gasteiger charge is 2.21. The third kappa shape index (κ3) is 8.94. The number of ether oxygens (including phenoxy) is 1. The summed E-state index contributed by atoms with van der Waals surface area (Å²) < 4.78 is 5.27. The highest BCUT2D eigenvalue weighted by molar-refractivity contribution is 5.80. The van der Waals surface area contributed by atoms with Gasteiger partial charge in [-0.2, -0.15) is 0 Å². The second-order valence-corrected chi connectivity index (χ2v) is 7.01. The van der Waals surface area contributed by atoms with E-state index in [1.165, 1.54) is 0 Å². The summed E-state index contributed by atoms with van der Waals surface area (Å²) >= 11 is 0. The summed E-state index contributed by atoms with van der Waals surface area (Å²) in [5.74, 6) is 0.688. The number of ketones is 1. The summed E-state index contributed by atoms with van der Waals surface area (Å²) in [5, 5.41) is 2.90. The molecule has 0 aliphatic carbocycles. The predicted octanol–water partition coefficient (Wildman–Crippen LogP) is 3.93. The molecule has 0 radical (unpaired) electrons. The molecule has 0 fully saturated rings. The van der Waals surface area contributed by atoms with Gasteiger partial charge in [-0.1, -0.05) is 27.7 Å². The molecule has 0 saturated carbocycles. The second kappa shape index (κ2) is 8.28. The zero-order valence-corrected chi connectivity index (χ0v) is 14.1. The van der Waals surface area contributed by atoms with Crippen molar-refractivity contribution in [3.05, 3.63) is 0 Å². The largest absolute Gasteiger partial charge is 0.444 e. The highest BCUT2D eigenvalue weighted by Crippen LogP contribution is 2.14. The summed E-state index contributed by atoms with van der Waals surface area (Å²) in [6.07, 6.45) is 1.80. The van der Waals surface area contributed by atoms with Crippen molar-refractivity contribution in [1.29, 1.82) is 0 Å². The second-order valence-electron chi connectivity index (χ2n) is 7.01. The maximum absolute atomic E-state index is 11.8. The molecule has 1 N–H and O–H groups in total. The Bertz CT molecular complexity index is 316. The Hall–Kier alpha value is -1.06. The quantitative estimate of drug-likeness (QED) is 0.771. The van der Waals surface area contributed by atoms with Crippen molar-refractivity contribution in [1.82, 2.24) is 5.32 Å². The molecule has 4 heteroatoms. The fourth-order valence-electron chi connectivity index (χ4n) is 1.82. The molecule has 0 aromatic heterocycles. The van der Waals surface area contributed by atoms with E-state index in [-0.39, 0.29) is 23.8 Å². The number of alkyl carbamates (subject to hydrolysis) is 1. The molecule has 0 aliphatic rings. The van der Waals surface area contributed by atoms with E-state index in [0.29, 0.717) is 12.3 Å². The monoisotopic (exact) mass is 285 g/mol. The molecule has 4 nitrogen and oxygen atoms in total. The number of nitrogens with one attached hydrogen (secondary N) is 1. The molecule has 0 rings (SSSR count). The summed E-state index contributed by atoms with van der Waals surface area (Å²) in [7, 11) is 0. The van der Waals surface area contributed by atoms with Crippen LogP contribution in [0.2, 0.25) is 0 Å². The van der Waals surface area contributed by atoms with Crippen molar-refractivity contribution in [3.63, 3.8) is 0 Å². The van der Waals surface area contributed by atoms with Crippen molar-refractivity contribution in [2.24, 2.45) is 11.8 Å². The van der Waals surface area contributed by atoms with Gasteiger partial charge < -0.3 is 10.1 Å². The van der Waals surface area contributed by atoms with Crippen LogP contribution < -0.4 is 5.32 Å². The van der Waals surface area contributed by atoms with Crippen LogP contribution >= 0.6 is 0 Å². The fourth-order valence-corrected chi connectivity index (χ4v) is 1.82. The third-order valence-electron chi connectivity index (χ3n) is 3.09. The smallest absolute Gasteiger partial charge is 0.407 e. The van der Waals surface area contributed by atoms with Gasteiger partial charge in [0.25, 0.3) is 0 Å². The molecule has 0 aliphatic heterocycles. The van der Waals surface area contributed by atoms with E-state index in [2.05, 4.69) is 19.2 Å². The van der Waals surface area contributed by atoms with Gasteiger partial charge in [-0.25, -0.2) is 4.79 Å². The molecule has 1 amide bonds. The van der Waals surface area contributed by atoms with Crippen LogP contribution in [0.5, 0.6) is 0 Å². The lowest BCUT2D eigenvalue weighted by Gasteiger charge is -2.25. The molecule has 1 atom stereocenters. The number of hydrogen-bond acceptors (Lipinski definition) is 3. The first-order chi connectivity index (χ1) is 9.03. The van der Waals surface area contributed by atoms with Crippen molar-refractivity contribution >= 4 is 11.9 Å². The maximum atomic E-state index is 11.8. The summed E-state index contributed by atoms with van der Waals surface area (Å²) in [6.45, 7) is 13.5. The Balaban J connectivity index is 4.24. The van der Waals surface area contributed by atoms with Crippen molar-refractivity contribution in [2.75, 3.05) is 0 Å². The summed E-state index contributed by atoms with van der Waals surface area (Å²) in [6, 6.07) is 0.0461. The molecule has 20 heavy (non-hydrogen) atoms. The van der Waals surface area contributed by atoms with Gasteiger partial charge in [0.2, 0.25) is 0 Å². The zero-order valence-electron chi connectivity index (χ0n) is 14.1. The highest BCUT2D eigenvalue weighted by atomic mass is 16.6. The van der Waals surface area contributed by atoms with Crippen molar-refractivity contribution in [2.45, 2.75) is 79.4 Å². The van der Waals surface area contributed by atoms with Crippen LogP contribution in [0.3, 0.4) is 0 Å². The summed E-state index contributed by atoms with van der Waals surface area (Å²) in [4.78, 5) is 23.4. The maximum Gasteiger partial charge on any atom is 0.407 e. The van der Waals surface area contributed by atoms with E-state index >= 15 is 0 Å². The summed E-state index contributed by atoms with van der Waals surface area (Å²) in [5.41, 5.74) is -0.487. The van der Waals surface area contributed by atoms with Crippen LogP contribution in [-0.4, -0.2) is 23.5 Å². The van der Waals surface area contributed by atoms with Gasteiger partial charge in [0.15, 0.2) is 0 Å². The van der Waals surface area contributed by atoms with Crippen LogP contribution in [-0.2, 0) is 9.53 Å². The Labute approximate surface area is 123 Å². The molecular weight excluding hydrogens is 254 g/mol. The van der Waals surface area contributed by atoms with E-state index in [9.17, 15) is 9.59 Å². The zero-order chi connectivity index (χ0) is 15.9. The van der Waals surface area contributed by atoms with Gasteiger partial charge in [0.1, 0.15) is 11.4 Å². The number of hydrogen-bond donors (Lipinski definition) is 1. The first-order valence-corrected chi connectivity index (χ1v) is 7.55. The Morgan fingerprint density at radius 1 is 1.10 bits per heavy atom. The van der Waals surface area contributed by atoms with Crippen molar-refractivity contribution < 1.29 is 14.3 Å². The molecule has 0 heterocycles. The van der Waals surface area contributed by atoms with Crippen LogP contribution in [0.1, 0.15) is 67.7 Å². The first kappa shape index (κ1) is 18.9. The Morgan fingerprint density at radius 3 is 2.05 bits per heavy atom. The molecule has 0 spiro atoms. The van der Waals surface area contributed by atoms with Crippen LogP contribution in [0.4, 0.5) is 4.79 Å². The van der Waals surface area contributed by atoms with E-state index < -0.39 is 5.60 Å². The average molecular weight is 285 g/mol. The van der Waals surface area contributed by atoms with Gasteiger partial charge in [0.05, 0.1) is 0 Å². The van der Waals surface area contributed by atoms with Gasteiger partial charge in [-0.05, 0) is 39.5 Å². The number of Topliss-reactive ketones (excluding diaryl/α,β-unsaturated/α-hetero) is 1. The predicted molar refractivity (Wildman–Crippen MR) is 81.7 cm³/mol. The topological polar surface area (TPSA) is 55.4 Å². The molecule has 0 saturated heterocycles. The van der Waals surface area contributed by atoms with Gasteiger partial charge in [-0.3, -0.25) is 4.79 Å². The molecule has 0 bridgehead atoms. The van der Waals surface area contributed by atoms with Crippen LogP contribution in [0, 0.1) is 11.8 Å². The first-order valence-electron chi connectivity index (χ1n) is 7.55. The minimum Gasteiger partial charge on any atom is -0.444 e. The lowest BCUT2D eigenvalue weighted by Crippen LogP contribution is -2.41. The number of carbonyl (C=O) groups is 2. The molecule has 0 unspecified atom stereocenters. The number of rotatable bonds is 7. The Morgan fingerprint density at radius 2 is 1.65 bits per heavy atom. The lowest BCUT2D eigenvalue weighted by atomic mass is 9.96. The average Bonchev–Trinajstić information content (AvgIpc) is 2.24. The van der Waals surface area contributed by atoms with Crippen LogP contribution in [0.15, 0.2) is 0 Å². The van der Waals surface area contributed by atoms with E-state index in [1.807, 2.05) is 34.6 Å². The normalized spacial score (nSPS) is 13.4. The molecule has 118 valence electrons. The van der Waals surface area contributed by atoms with Crippen molar-refractivity contribution in [3.8, 4) is 0 Å². The lowest BCUT2D eigenvalue weighted by molar-refractivity contribution is -0.122. The standard InChI is InChI=1S/C16H31NO3/c1-11(2)13(9-8-10-14(18)12(3)4)17-15(19)20-16(5,6)7/h11-13H,8-10H2,1-7H3,(H,17,19)/t13-/m0/s1. The molecule has 0 aromatic carbocycles. The fraction of sp³-hybridized carbons (Fsp3) is 0.875. The van der Waals surface area contributed by atoms with Gasteiger partial charge in [0, 0.05) is 18.4 Å². The minimum atomic E-state index is -0.487. The van der Waals surface area contributed by atoms with Crippen LogP contribution in [0.25, 0.3) is 0 Å². The molecule has 0 aromatic rings. The minimum absolute atomic E-state index is 0.0461. The number of amides is 1. The van der Waals surface area contributed by atoms with Gasteiger partial charge >= 0.3 is 6.09 Å². The Kier molecular flexibility index (Phi) is 7.84. The SMILES string of the molecule is CC(C)C(=O)CCC[C@H](NC(=O)OC(C)(C)C)C(C)C. The van der Waals surface area contributed by atoms with E-state index in [1.54, 1.807) is 0 Å². The molecular formula is C16H31NO3. The third-order valence-corrected chi connectivity index (χ3v) is 3.09. The van der Waals surface area contributed by atoms with E-state index in [4.69, 9.17) is 4.74 Å². The van der Waals surface area contributed by atoms with E-state index in [0.717, 1.165) is 12.8 Å². The number of carbonyl (C=O) groups excluding carboxylic acids is 2. The van der Waals surface area contributed by atoms with Gasteiger partial charge in [-0.15, -0.1) is 0 Å².